The van der Waals surface area contributed by atoms with E-state index in [0.717, 1.165) is 40.7 Å². The fraction of sp³-hybridized carbons (Fsp3) is 0.250. The van der Waals surface area contributed by atoms with E-state index >= 15 is 0 Å². The van der Waals surface area contributed by atoms with Crippen molar-refractivity contribution < 1.29 is 4.39 Å². The maximum Gasteiger partial charge on any atom is 0.123 e. The quantitative estimate of drug-likeness (QED) is 0.216. The van der Waals surface area contributed by atoms with Crippen LogP contribution in [0.4, 0.5) is 21.5 Å². The molecule has 5 aromatic rings. The Morgan fingerprint density at radius 3 is 1.74 bits per heavy atom. The number of anilines is 3. The molecule has 42 heavy (non-hydrogen) atoms. The van der Waals surface area contributed by atoms with Crippen LogP contribution in [0.2, 0.25) is 0 Å². The first-order valence-corrected chi connectivity index (χ1v) is 15.6. The molecule has 0 unspecified atom stereocenters. The van der Waals surface area contributed by atoms with Crippen LogP contribution in [-0.4, -0.2) is 0 Å². The number of rotatable bonds is 4. The van der Waals surface area contributed by atoms with Gasteiger partial charge in [-0.2, -0.15) is 0 Å². The smallest absolute Gasteiger partial charge is 0.123 e. The Labute approximate surface area is 247 Å². The van der Waals surface area contributed by atoms with Gasteiger partial charge in [-0.15, -0.1) is 0 Å². The molecule has 0 amide bonds. The van der Waals surface area contributed by atoms with Crippen molar-refractivity contribution in [3.05, 3.63) is 138 Å². The van der Waals surface area contributed by atoms with Crippen LogP contribution in [0, 0.1) is 29.5 Å². The van der Waals surface area contributed by atoms with Gasteiger partial charge in [0.05, 0.1) is 0 Å². The zero-order chi connectivity index (χ0) is 27.8. The maximum absolute atomic E-state index is 14.1. The molecule has 0 aromatic heterocycles. The third-order valence-corrected chi connectivity index (χ3v) is 11.1. The first-order valence-electron chi connectivity index (χ1n) is 15.6. The lowest BCUT2D eigenvalue weighted by atomic mass is 9.43. The number of halogens is 1. The van der Waals surface area contributed by atoms with Gasteiger partial charge in [-0.3, -0.25) is 0 Å². The number of hydrogen-bond acceptors (Lipinski definition) is 1. The topological polar surface area (TPSA) is 3.24 Å². The molecule has 5 aliphatic rings. The predicted octanol–water partition coefficient (Wildman–Crippen LogP) is 10.7. The van der Waals surface area contributed by atoms with E-state index in [2.05, 4.69) is 95.9 Å². The van der Waals surface area contributed by atoms with Crippen LogP contribution in [0.3, 0.4) is 0 Å². The highest BCUT2D eigenvalue weighted by Gasteiger charge is 2.61. The van der Waals surface area contributed by atoms with Crippen molar-refractivity contribution in [1.82, 2.24) is 0 Å². The molecule has 0 atom stereocenters. The summed E-state index contributed by atoms with van der Waals surface area (Å²) in [6, 6.07) is 42.6. The Balaban J connectivity index is 1.19. The molecule has 2 heteroatoms. The monoisotopic (exact) mass is 547 g/mol. The largest absolute Gasteiger partial charge is 0.310 e. The van der Waals surface area contributed by atoms with E-state index in [1.165, 1.54) is 54.4 Å². The highest BCUT2D eigenvalue weighted by Crippen LogP contribution is 2.69. The van der Waals surface area contributed by atoms with Crippen molar-refractivity contribution in [1.29, 1.82) is 0 Å². The molecule has 0 radical (unpaired) electrons. The SMILES string of the molecule is Fc1ccc(N(c2ccc(-c3ccccc3)cc2)c2ccc3c(c2)-c2ccccc2C32C3CC4CC(C3)CC2C4)cc1. The summed E-state index contributed by atoms with van der Waals surface area (Å²) in [6.07, 6.45) is 7.01. The van der Waals surface area contributed by atoms with Crippen LogP contribution in [0.1, 0.15) is 43.2 Å². The fourth-order valence-corrected chi connectivity index (χ4v) is 9.76. The number of hydrogen-bond donors (Lipinski definition) is 0. The van der Waals surface area contributed by atoms with Crippen LogP contribution in [0.25, 0.3) is 22.3 Å². The lowest BCUT2D eigenvalue weighted by molar-refractivity contribution is -0.0399. The summed E-state index contributed by atoms with van der Waals surface area (Å²) < 4.78 is 14.1. The zero-order valence-corrected chi connectivity index (χ0v) is 23.7. The standard InChI is InChI=1S/C40H34FN/c41-32-12-16-34(17-13-32)42(33-14-10-29(11-15-33)28-6-2-1-3-7-28)35-18-19-39-37(25-35)36-8-4-5-9-38(36)40(39)30-21-26-20-27(23-30)24-31(40)22-26/h1-19,25-27,30-31H,20-24H2. The highest BCUT2D eigenvalue weighted by molar-refractivity contribution is 5.87. The second kappa shape index (κ2) is 9.16. The Hall–Kier alpha value is -4.17. The lowest BCUT2D eigenvalue weighted by Crippen LogP contribution is -2.55. The summed E-state index contributed by atoms with van der Waals surface area (Å²) in [6.45, 7) is 0. The van der Waals surface area contributed by atoms with Gasteiger partial charge in [0.1, 0.15) is 5.82 Å². The molecule has 1 spiro atoms. The normalized spacial score (nSPS) is 26.3. The molecule has 4 bridgehead atoms. The molecule has 5 aromatic carbocycles. The van der Waals surface area contributed by atoms with Crippen LogP contribution < -0.4 is 4.90 Å². The van der Waals surface area contributed by atoms with Crippen molar-refractivity contribution in [2.24, 2.45) is 23.7 Å². The molecule has 0 heterocycles. The van der Waals surface area contributed by atoms with Crippen LogP contribution >= 0.6 is 0 Å². The van der Waals surface area contributed by atoms with E-state index in [9.17, 15) is 4.39 Å². The van der Waals surface area contributed by atoms with Crippen molar-refractivity contribution >= 4 is 17.1 Å². The Morgan fingerprint density at radius 2 is 1.05 bits per heavy atom. The average molecular weight is 548 g/mol. The summed E-state index contributed by atoms with van der Waals surface area (Å²) in [7, 11) is 0. The molecule has 10 rings (SSSR count). The Bertz CT molecular complexity index is 1760. The van der Waals surface area contributed by atoms with Gasteiger partial charge in [-0.1, -0.05) is 72.8 Å². The van der Waals surface area contributed by atoms with E-state index in [1.807, 2.05) is 18.2 Å². The minimum atomic E-state index is -0.218. The molecule has 0 N–H and O–H groups in total. The fourth-order valence-electron chi connectivity index (χ4n) is 9.76. The summed E-state index contributed by atoms with van der Waals surface area (Å²) in [5.74, 6) is 3.15. The van der Waals surface area contributed by atoms with E-state index in [-0.39, 0.29) is 11.2 Å². The highest BCUT2D eigenvalue weighted by atomic mass is 19.1. The van der Waals surface area contributed by atoms with E-state index < -0.39 is 0 Å². The molecule has 206 valence electrons. The minimum Gasteiger partial charge on any atom is -0.310 e. The molecule has 1 nitrogen and oxygen atoms in total. The van der Waals surface area contributed by atoms with Gasteiger partial charge in [0, 0.05) is 22.5 Å². The summed E-state index contributed by atoms with van der Waals surface area (Å²) >= 11 is 0. The zero-order valence-electron chi connectivity index (χ0n) is 23.7. The number of fused-ring (bicyclic) bond motifs is 3. The Morgan fingerprint density at radius 1 is 0.500 bits per heavy atom. The lowest BCUT2D eigenvalue weighted by Gasteiger charge is -2.61. The van der Waals surface area contributed by atoms with Crippen LogP contribution in [0.5, 0.6) is 0 Å². The first kappa shape index (κ1) is 24.4. The van der Waals surface area contributed by atoms with Crippen molar-refractivity contribution in [3.8, 4) is 22.3 Å². The Kier molecular flexibility index (Phi) is 5.33. The van der Waals surface area contributed by atoms with Crippen LogP contribution in [0.15, 0.2) is 121 Å². The molecule has 0 saturated heterocycles. The molecular weight excluding hydrogens is 513 g/mol. The van der Waals surface area contributed by atoms with Gasteiger partial charge in [-0.25, -0.2) is 4.39 Å². The van der Waals surface area contributed by atoms with Crippen molar-refractivity contribution in [3.63, 3.8) is 0 Å². The van der Waals surface area contributed by atoms with Gasteiger partial charge in [-0.05, 0) is 138 Å². The van der Waals surface area contributed by atoms with Gasteiger partial charge < -0.3 is 4.90 Å². The number of benzene rings is 5. The van der Waals surface area contributed by atoms with E-state index in [1.54, 1.807) is 23.3 Å². The third-order valence-electron chi connectivity index (χ3n) is 11.1. The van der Waals surface area contributed by atoms with Crippen molar-refractivity contribution in [2.75, 3.05) is 4.90 Å². The van der Waals surface area contributed by atoms with Crippen LogP contribution in [-0.2, 0) is 5.41 Å². The van der Waals surface area contributed by atoms with E-state index in [4.69, 9.17) is 0 Å². The van der Waals surface area contributed by atoms with Gasteiger partial charge in [0.25, 0.3) is 0 Å². The van der Waals surface area contributed by atoms with Crippen molar-refractivity contribution in [2.45, 2.75) is 37.5 Å². The van der Waals surface area contributed by atoms with Gasteiger partial charge >= 0.3 is 0 Å². The second-order valence-corrected chi connectivity index (χ2v) is 13.2. The summed E-state index contributed by atoms with van der Waals surface area (Å²) in [5, 5.41) is 0. The van der Waals surface area contributed by atoms with Gasteiger partial charge in [0.15, 0.2) is 0 Å². The van der Waals surface area contributed by atoms with E-state index in [0.29, 0.717) is 0 Å². The summed E-state index contributed by atoms with van der Waals surface area (Å²) in [5.41, 5.74) is 11.6. The molecular formula is C40H34FN. The molecule has 0 aliphatic heterocycles. The molecule has 4 fully saturated rings. The third kappa shape index (κ3) is 3.48. The summed E-state index contributed by atoms with van der Waals surface area (Å²) in [4.78, 5) is 2.28. The molecule has 5 aliphatic carbocycles. The second-order valence-electron chi connectivity index (χ2n) is 13.2. The van der Waals surface area contributed by atoms with Gasteiger partial charge in [0.2, 0.25) is 0 Å². The maximum atomic E-state index is 14.1. The minimum absolute atomic E-state index is 0.163. The average Bonchev–Trinajstić information content (AvgIpc) is 3.32. The first-order chi connectivity index (χ1) is 20.7. The molecule has 4 saturated carbocycles. The number of nitrogens with zero attached hydrogens (tertiary/aromatic N) is 1. The predicted molar refractivity (Wildman–Crippen MR) is 170 cm³/mol.